The molecule has 49 heavy (non-hydrogen) atoms. The molecule has 0 aliphatic carbocycles. The Morgan fingerprint density at radius 2 is 0.878 bits per heavy atom. The van der Waals surface area contributed by atoms with E-state index in [1.807, 2.05) is 41.5 Å². The zero-order valence-electron chi connectivity index (χ0n) is 32.6. The first-order valence-corrected chi connectivity index (χ1v) is 17.0. The predicted molar refractivity (Wildman–Crippen MR) is 189 cm³/mol. The fraction of sp³-hybridized carbons (Fsp3) is 0.730. The van der Waals surface area contributed by atoms with Gasteiger partial charge < -0.3 is 28.4 Å². The summed E-state index contributed by atoms with van der Waals surface area (Å²) in [5, 5.41) is 0. The molecule has 12 nitrogen and oxygen atoms in total. The van der Waals surface area contributed by atoms with Gasteiger partial charge in [-0.25, -0.2) is 9.59 Å². The Hall–Kier alpha value is -3.70. The second-order valence-electron chi connectivity index (χ2n) is 12.0. The highest BCUT2D eigenvalue weighted by Crippen LogP contribution is 2.32. The number of esters is 6. The Balaban J connectivity index is -0.000000296. The lowest BCUT2D eigenvalue weighted by molar-refractivity contribution is -0.158. The van der Waals surface area contributed by atoms with Crippen LogP contribution in [0.1, 0.15) is 116 Å². The van der Waals surface area contributed by atoms with Gasteiger partial charge >= 0.3 is 35.8 Å². The molecule has 0 N–H and O–H groups in total. The third kappa shape index (κ3) is 29.0. The van der Waals surface area contributed by atoms with Gasteiger partial charge in [0.1, 0.15) is 0 Å². The normalized spacial score (nSPS) is 11.4. The van der Waals surface area contributed by atoms with Gasteiger partial charge in [-0.3, -0.25) is 19.2 Å². The van der Waals surface area contributed by atoms with Crippen LogP contribution in [0.25, 0.3) is 0 Å². The van der Waals surface area contributed by atoms with Gasteiger partial charge in [0.05, 0.1) is 62.3 Å². The summed E-state index contributed by atoms with van der Waals surface area (Å²) in [6, 6.07) is 0. The number of carbonyl (C=O) groups is 6. The van der Waals surface area contributed by atoms with Crippen LogP contribution in [-0.4, -0.2) is 75.5 Å². The Morgan fingerprint density at radius 3 is 1.08 bits per heavy atom. The third-order valence-corrected chi connectivity index (χ3v) is 6.52. The molecule has 0 bridgehead atoms. The van der Waals surface area contributed by atoms with Crippen molar-refractivity contribution in [3.63, 3.8) is 0 Å². The van der Waals surface area contributed by atoms with Crippen LogP contribution in [0.15, 0.2) is 24.8 Å². The van der Waals surface area contributed by atoms with E-state index < -0.39 is 10.8 Å². The van der Waals surface area contributed by atoms with Crippen LogP contribution in [0.3, 0.4) is 0 Å². The minimum Gasteiger partial charge on any atom is -0.466 e. The first kappa shape index (κ1) is 52.1. The second-order valence-corrected chi connectivity index (χ2v) is 12.0. The summed E-state index contributed by atoms with van der Waals surface area (Å²) in [7, 11) is 0. The van der Waals surface area contributed by atoms with E-state index in [4.69, 9.17) is 18.9 Å². The molecule has 0 rings (SSSR count). The SMILES string of the molecule is C=C(C)C(=O)OCC.C=CC(=O)OCC.CCOC(=O)C(C)(C)CCC(C)(C)C(=O)OCC.CCOC(=O)C(C)CCC(C)C(=O)OCC. The summed E-state index contributed by atoms with van der Waals surface area (Å²) < 4.78 is 28.8. The van der Waals surface area contributed by atoms with Gasteiger partial charge in [0.2, 0.25) is 0 Å². The summed E-state index contributed by atoms with van der Waals surface area (Å²) in [5.74, 6) is -1.81. The van der Waals surface area contributed by atoms with Crippen LogP contribution in [0, 0.1) is 22.7 Å². The monoisotopic (exact) mass is 702 g/mol. The molecule has 0 aliphatic rings. The first-order valence-electron chi connectivity index (χ1n) is 17.0. The van der Waals surface area contributed by atoms with Gasteiger partial charge in [-0.15, -0.1) is 0 Å². The minimum absolute atomic E-state index is 0.156. The maximum atomic E-state index is 11.7. The molecular weight excluding hydrogens is 636 g/mol. The van der Waals surface area contributed by atoms with Crippen LogP contribution in [-0.2, 0) is 57.2 Å². The molecule has 0 radical (unpaired) electrons. The largest absolute Gasteiger partial charge is 0.466 e. The molecule has 0 aromatic heterocycles. The molecule has 0 aromatic carbocycles. The van der Waals surface area contributed by atoms with Crippen LogP contribution in [0.2, 0.25) is 0 Å². The van der Waals surface area contributed by atoms with Crippen molar-refractivity contribution in [2.45, 2.75) is 116 Å². The zero-order valence-corrected chi connectivity index (χ0v) is 32.6. The van der Waals surface area contributed by atoms with Gasteiger partial charge in [0.25, 0.3) is 0 Å². The molecule has 0 aromatic rings. The molecule has 0 saturated heterocycles. The van der Waals surface area contributed by atoms with Crippen molar-refractivity contribution in [3.05, 3.63) is 24.8 Å². The standard InChI is InChI=1S/C14H26O4.C12H22O4.C6H10O2.C5H8O2/c1-7-17-11(15)13(3,4)9-10-14(5,6)12(16)18-8-2;1-5-15-11(13)9(3)7-8-10(4)12(14)16-6-2;1-4-8-6(7)5(2)3;1-3-5(6)7-4-2/h7-10H2,1-6H3;9-10H,5-8H2,1-4H3;2,4H2,1,3H3;3H,1,4H2,2H3. The molecule has 2 atom stereocenters. The average molecular weight is 703 g/mol. The van der Waals surface area contributed by atoms with Crippen LogP contribution >= 0.6 is 0 Å². The van der Waals surface area contributed by atoms with Crippen molar-refractivity contribution in [2.24, 2.45) is 22.7 Å². The maximum Gasteiger partial charge on any atom is 0.333 e. The highest BCUT2D eigenvalue weighted by Gasteiger charge is 2.35. The van der Waals surface area contributed by atoms with E-state index in [2.05, 4.69) is 22.6 Å². The van der Waals surface area contributed by atoms with Gasteiger partial charge in [-0.2, -0.15) is 0 Å². The van der Waals surface area contributed by atoms with Gasteiger partial charge in [0, 0.05) is 11.6 Å². The number of rotatable bonds is 18. The Bertz CT molecular complexity index is 943. The van der Waals surface area contributed by atoms with E-state index in [1.54, 1.807) is 48.5 Å². The summed E-state index contributed by atoms with van der Waals surface area (Å²) in [6.45, 7) is 32.3. The van der Waals surface area contributed by atoms with Gasteiger partial charge in [-0.1, -0.05) is 27.0 Å². The zero-order chi connectivity index (χ0) is 39.2. The van der Waals surface area contributed by atoms with Crippen LogP contribution in [0.4, 0.5) is 0 Å². The smallest absolute Gasteiger partial charge is 0.333 e. The number of ether oxygens (including phenoxy) is 6. The predicted octanol–water partition coefficient (Wildman–Crippen LogP) is 6.97. The molecule has 2 unspecified atom stereocenters. The molecule has 12 heteroatoms. The minimum atomic E-state index is -0.570. The Labute approximate surface area is 295 Å². The number of carbonyl (C=O) groups excluding carboxylic acids is 6. The second kappa shape index (κ2) is 30.4. The average Bonchev–Trinajstić information content (AvgIpc) is 3.04. The van der Waals surface area contributed by atoms with Crippen molar-refractivity contribution in [2.75, 3.05) is 39.6 Å². The van der Waals surface area contributed by atoms with Crippen molar-refractivity contribution in [1.82, 2.24) is 0 Å². The lowest BCUT2D eigenvalue weighted by atomic mass is 9.79. The van der Waals surface area contributed by atoms with E-state index in [1.165, 1.54) is 0 Å². The molecule has 286 valence electrons. The topological polar surface area (TPSA) is 158 Å². The van der Waals surface area contributed by atoms with Crippen LogP contribution < -0.4 is 0 Å². The van der Waals surface area contributed by atoms with E-state index in [0.717, 1.165) is 6.08 Å². The maximum absolute atomic E-state index is 11.7. The van der Waals surface area contributed by atoms with Crippen molar-refractivity contribution >= 4 is 35.8 Å². The summed E-state index contributed by atoms with van der Waals surface area (Å²) in [4.78, 5) is 66.6. The van der Waals surface area contributed by atoms with E-state index in [9.17, 15) is 28.8 Å². The Morgan fingerprint density at radius 1 is 0.571 bits per heavy atom. The first-order chi connectivity index (χ1) is 22.7. The summed E-state index contributed by atoms with van der Waals surface area (Å²) >= 11 is 0. The highest BCUT2D eigenvalue weighted by atomic mass is 16.5. The van der Waals surface area contributed by atoms with Crippen molar-refractivity contribution in [1.29, 1.82) is 0 Å². The van der Waals surface area contributed by atoms with Crippen molar-refractivity contribution < 1.29 is 57.2 Å². The highest BCUT2D eigenvalue weighted by molar-refractivity contribution is 5.86. The summed E-state index contributed by atoms with van der Waals surface area (Å²) in [5.41, 5.74) is -0.689. The molecule has 0 amide bonds. The fourth-order valence-electron chi connectivity index (χ4n) is 3.24. The number of hydrogen-bond acceptors (Lipinski definition) is 12. The van der Waals surface area contributed by atoms with E-state index in [-0.39, 0.29) is 47.7 Å². The summed E-state index contributed by atoms with van der Waals surface area (Å²) in [6.07, 6.45) is 3.64. The lowest BCUT2D eigenvalue weighted by Crippen LogP contribution is -2.32. The van der Waals surface area contributed by atoms with Gasteiger partial charge in [-0.05, 0) is 102 Å². The third-order valence-electron chi connectivity index (χ3n) is 6.52. The molecular formula is C37H66O12. The van der Waals surface area contributed by atoms with Crippen LogP contribution in [0.5, 0.6) is 0 Å². The molecule has 0 heterocycles. The molecule has 0 aliphatic heterocycles. The Kier molecular flexibility index (Phi) is 32.3. The molecule has 0 spiro atoms. The van der Waals surface area contributed by atoms with Crippen molar-refractivity contribution in [3.8, 4) is 0 Å². The van der Waals surface area contributed by atoms with E-state index >= 15 is 0 Å². The quantitative estimate of drug-likeness (QED) is 0.0822. The van der Waals surface area contributed by atoms with E-state index in [0.29, 0.717) is 70.9 Å². The van der Waals surface area contributed by atoms with Gasteiger partial charge in [0.15, 0.2) is 0 Å². The fourth-order valence-corrected chi connectivity index (χ4v) is 3.24. The number of hydrogen-bond donors (Lipinski definition) is 0. The molecule has 0 fully saturated rings. The lowest BCUT2D eigenvalue weighted by Gasteiger charge is -2.28. The molecule has 0 saturated carbocycles.